The number of nitrogens with one attached hydrogen (secondary N) is 1. The number of benzene rings is 1. The maximum absolute atomic E-state index is 3.78. The van der Waals surface area contributed by atoms with Gasteiger partial charge in [-0.3, -0.25) is 0 Å². The molecule has 1 nitrogen and oxygen atoms in total. The SMILES string of the molecule is CC1(C)CCSCC1Nc1ccc2c(c1)CCC2. The summed E-state index contributed by atoms with van der Waals surface area (Å²) in [5.41, 5.74) is 4.89. The van der Waals surface area contributed by atoms with E-state index in [4.69, 9.17) is 0 Å². The summed E-state index contributed by atoms with van der Waals surface area (Å²) in [5, 5.41) is 3.78. The minimum Gasteiger partial charge on any atom is -0.381 e. The minimum atomic E-state index is 0.421. The first-order valence-corrected chi connectivity index (χ1v) is 8.27. The predicted molar refractivity (Wildman–Crippen MR) is 81.6 cm³/mol. The molecule has 98 valence electrons. The Hall–Kier alpha value is -0.630. The molecule has 1 aromatic rings. The average molecular weight is 261 g/mol. The highest BCUT2D eigenvalue weighted by Gasteiger charge is 2.32. The Morgan fingerprint density at radius 1 is 1.22 bits per heavy atom. The molecule has 0 aromatic heterocycles. The number of thioether (sulfide) groups is 1. The van der Waals surface area contributed by atoms with E-state index in [0.717, 1.165) is 0 Å². The van der Waals surface area contributed by atoms with Crippen molar-refractivity contribution in [3.05, 3.63) is 29.3 Å². The van der Waals surface area contributed by atoms with Crippen molar-refractivity contribution < 1.29 is 0 Å². The van der Waals surface area contributed by atoms with Crippen LogP contribution in [0.25, 0.3) is 0 Å². The summed E-state index contributed by atoms with van der Waals surface area (Å²) in [5.74, 6) is 2.56. The van der Waals surface area contributed by atoms with E-state index < -0.39 is 0 Å². The van der Waals surface area contributed by atoms with Gasteiger partial charge in [0, 0.05) is 17.5 Å². The quantitative estimate of drug-likeness (QED) is 0.859. The van der Waals surface area contributed by atoms with Crippen molar-refractivity contribution >= 4 is 17.4 Å². The van der Waals surface area contributed by atoms with Crippen LogP contribution in [0.3, 0.4) is 0 Å². The molecule has 1 unspecified atom stereocenters. The molecule has 1 aliphatic heterocycles. The van der Waals surface area contributed by atoms with Gasteiger partial charge in [0.1, 0.15) is 0 Å². The number of anilines is 1. The lowest BCUT2D eigenvalue weighted by Crippen LogP contribution is -2.41. The lowest BCUT2D eigenvalue weighted by atomic mass is 9.82. The van der Waals surface area contributed by atoms with Crippen LogP contribution < -0.4 is 5.32 Å². The van der Waals surface area contributed by atoms with Gasteiger partial charge in [0.25, 0.3) is 0 Å². The Labute approximate surface area is 115 Å². The van der Waals surface area contributed by atoms with E-state index in [9.17, 15) is 0 Å². The van der Waals surface area contributed by atoms with E-state index in [1.165, 1.54) is 42.9 Å². The Balaban J connectivity index is 1.76. The van der Waals surface area contributed by atoms with Gasteiger partial charge in [-0.1, -0.05) is 19.9 Å². The highest BCUT2D eigenvalue weighted by Crippen LogP contribution is 2.36. The first-order chi connectivity index (χ1) is 8.65. The highest BCUT2D eigenvalue weighted by atomic mass is 32.2. The second kappa shape index (κ2) is 4.80. The number of aryl methyl sites for hydroxylation is 2. The molecule has 0 amide bonds. The summed E-state index contributed by atoms with van der Waals surface area (Å²) in [6.07, 6.45) is 5.21. The van der Waals surface area contributed by atoms with Crippen LogP contribution >= 0.6 is 11.8 Å². The van der Waals surface area contributed by atoms with Gasteiger partial charge >= 0.3 is 0 Å². The van der Waals surface area contributed by atoms with Gasteiger partial charge in [0.05, 0.1) is 0 Å². The predicted octanol–water partition coefficient (Wildman–Crippen LogP) is 4.12. The van der Waals surface area contributed by atoms with Crippen molar-refractivity contribution in [1.29, 1.82) is 0 Å². The Kier molecular flexibility index (Phi) is 3.31. The fraction of sp³-hybridized carbons (Fsp3) is 0.625. The molecule has 1 atom stereocenters. The molecule has 18 heavy (non-hydrogen) atoms. The summed E-state index contributed by atoms with van der Waals surface area (Å²) in [6.45, 7) is 4.80. The van der Waals surface area contributed by atoms with Crippen LogP contribution in [0.4, 0.5) is 5.69 Å². The van der Waals surface area contributed by atoms with Gasteiger partial charge in [-0.2, -0.15) is 11.8 Å². The molecule has 2 aliphatic rings. The third-order valence-corrected chi connectivity index (χ3v) is 5.62. The van der Waals surface area contributed by atoms with Gasteiger partial charge in [-0.25, -0.2) is 0 Å². The molecule has 2 heteroatoms. The van der Waals surface area contributed by atoms with Gasteiger partial charge in [-0.15, -0.1) is 0 Å². The summed E-state index contributed by atoms with van der Waals surface area (Å²) in [6, 6.07) is 7.60. The van der Waals surface area contributed by atoms with Crippen LogP contribution in [0.5, 0.6) is 0 Å². The molecule has 1 fully saturated rings. The maximum atomic E-state index is 3.78. The maximum Gasteiger partial charge on any atom is 0.0403 e. The Morgan fingerprint density at radius 2 is 2.06 bits per heavy atom. The lowest BCUT2D eigenvalue weighted by molar-refractivity contribution is 0.305. The Morgan fingerprint density at radius 3 is 2.89 bits per heavy atom. The lowest BCUT2D eigenvalue weighted by Gasteiger charge is -2.39. The number of hydrogen-bond donors (Lipinski definition) is 1. The van der Waals surface area contributed by atoms with Gasteiger partial charge < -0.3 is 5.32 Å². The summed E-state index contributed by atoms with van der Waals surface area (Å²) < 4.78 is 0. The van der Waals surface area contributed by atoms with Crippen molar-refractivity contribution in [3.8, 4) is 0 Å². The monoisotopic (exact) mass is 261 g/mol. The minimum absolute atomic E-state index is 0.421. The number of hydrogen-bond acceptors (Lipinski definition) is 2. The normalized spacial score (nSPS) is 25.8. The van der Waals surface area contributed by atoms with Gasteiger partial charge in [0.2, 0.25) is 0 Å². The second-order valence-electron chi connectivity index (χ2n) is 6.35. The molecule has 0 saturated carbocycles. The number of fused-ring (bicyclic) bond motifs is 1. The fourth-order valence-corrected chi connectivity index (χ4v) is 4.64. The molecule has 0 spiro atoms. The molecule has 3 rings (SSSR count). The van der Waals surface area contributed by atoms with E-state index in [1.54, 1.807) is 11.1 Å². The average Bonchev–Trinajstić information content (AvgIpc) is 2.79. The van der Waals surface area contributed by atoms with Crippen molar-refractivity contribution in [2.75, 3.05) is 16.8 Å². The molecular weight excluding hydrogens is 238 g/mol. The summed E-state index contributed by atoms with van der Waals surface area (Å²) in [7, 11) is 0. The highest BCUT2D eigenvalue weighted by molar-refractivity contribution is 7.99. The fourth-order valence-electron chi connectivity index (χ4n) is 3.04. The van der Waals surface area contributed by atoms with Crippen molar-refractivity contribution in [3.63, 3.8) is 0 Å². The van der Waals surface area contributed by atoms with E-state index >= 15 is 0 Å². The smallest absolute Gasteiger partial charge is 0.0403 e. The largest absolute Gasteiger partial charge is 0.381 e. The van der Waals surface area contributed by atoms with Crippen molar-refractivity contribution in [2.45, 2.75) is 45.6 Å². The van der Waals surface area contributed by atoms with Crippen molar-refractivity contribution in [1.82, 2.24) is 0 Å². The van der Waals surface area contributed by atoms with E-state index in [-0.39, 0.29) is 0 Å². The number of rotatable bonds is 2. The second-order valence-corrected chi connectivity index (χ2v) is 7.50. The molecule has 0 radical (unpaired) electrons. The standard InChI is InChI=1S/C16H23NS/c1-16(2)8-9-18-11-15(16)17-14-7-6-12-4-3-5-13(12)10-14/h6-7,10,15,17H,3-5,8-9,11H2,1-2H3. The molecule has 1 heterocycles. The molecule has 1 aliphatic carbocycles. The van der Waals surface area contributed by atoms with Crippen molar-refractivity contribution in [2.24, 2.45) is 5.41 Å². The molecule has 1 N–H and O–H groups in total. The van der Waals surface area contributed by atoms with E-state index in [0.29, 0.717) is 11.5 Å². The van der Waals surface area contributed by atoms with E-state index in [2.05, 4.69) is 49.1 Å². The van der Waals surface area contributed by atoms with Crippen LogP contribution in [0, 0.1) is 5.41 Å². The zero-order valence-corrected chi connectivity index (χ0v) is 12.3. The zero-order valence-electron chi connectivity index (χ0n) is 11.5. The van der Waals surface area contributed by atoms with Crippen LogP contribution in [-0.2, 0) is 12.8 Å². The molecular formula is C16H23NS. The molecule has 1 aromatic carbocycles. The Bertz CT molecular complexity index is 439. The van der Waals surface area contributed by atoms with Crippen LogP contribution in [0.2, 0.25) is 0 Å². The first-order valence-electron chi connectivity index (χ1n) is 7.11. The van der Waals surface area contributed by atoms with Gasteiger partial charge in [-0.05, 0) is 60.1 Å². The molecule has 1 saturated heterocycles. The summed E-state index contributed by atoms with van der Waals surface area (Å²) in [4.78, 5) is 0. The van der Waals surface area contributed by atoms with Crippen LogP contribution in [0.15, 0.2) is 18.2 Å². The summed E-state index contributed by atoms with van der Waals surface area (Å²) >= 11 is 2.09. The van der Waals surface area contributed by atoms with Gasteiger partial charge in [0.15, 0.2) is 0 Å². The topological polar surface area (TPSA) is 12.0 Å². The third kappa shape index (κ3) is 2.40. The molecule has 0 bridgehead atoms. The first kappa shape index (κ1) is 12.4. The third-order valence-electron chi connectivity index (χ3n) is 4.56. The van der Waals surface area contributed by atoms with Crippen LogP contribution in [0.1, 0.15) is 37.8 Å². The van der Waals surface area contributed by atoms with E-state index in [1.807, 2.05) is 0 Å². The van der Waals surface area contributed by atoms with Crippen LogP contribution in [-0.4, -0.2) is 17.5 Å². The zero-order chi connectivity index (χ0) is 12.6.